The van der Waals surface area contributed by atoms with Gasteiger partial charge in [-0.25, -0.2) is 0 Å². The van der Waals surface area contributed by atoms with Gasteiger partial charge >= 0.3 is 0 Å². The van der Waals surface area contributed by atoms with E-state index in [1.807, 2.05) is 18.2 Å². The molecule has 0 atom stereocenters. The Labute approximate surface area is 122 Å². The van der Waals surface area contributed by atoms with Crippen molar-refractivity contribution in [2.24, 2.45) is 0 Å². The van der Waals surface area contributed by atoms with Gasteiger partial charge in [-0.05, 0) is 48.1 Å². The molecular formula is C16H13Cl2N. The Morgan fingerprint density at radius 3 is 2.53 bits per heavy atom. The summed E-state index contributed by atoms with van der Waals surface area (Å²) in [5.41, 5.74) is 3.54. The van der Waals surface area contributed by atoms with E-state index in [1.165, 1.54) is 16.6 Å². The van der Waals surface area contributed by atoms with Gasteiger partial charge in [-0.15, -0.1) is 0 Å². The van der Waals surface area contributed by atoms with E-state index >= 15 is 0 Å². The fourth-order valence-corrected chi connectivity index (χ4v) is 2.76. The first kappa shape index (κ1) is 12.6. The summed E-state index contributed by atoms with van der Waals surface area (Å²) in [5.74, 6) is 0. The fourth-order valence-electron chi connectivity index (χ4n) is 2.26. The Morgan fingerprint density at radius 1 is 0.895 bits per heavy atom. The Bertz CT molecular complexity index is 683. The first-order valence-corrected chi connectivity index (χ1v) is 6.98. The summed E-state index contributed by atoms with van der Waals surface area (Å²) >= 11 is 12.1. The number of fused-ring (bicyclic) bond motifs is 1. The van der Waals surface area contributed by atoms with Gasteiger partial charge in [0.25, 0.3) is 0 Å². The summed E-state index contributed by atoms with van der Waals surface area (Å²) in [6.07, 6.45) is 1.85. The molecule has 3 heteroatoms. The normalized spacial score (nSPS) is 11.1. The molecule has 2 aromatic carbocycles. The molecule has 19 heavy (non-hydrogen) atoms. The number of rotatable bonds is 3. The third-order valence-electron chi connectivity index (χ3n) is 3.26. The van der Waals surface area contributed by atoms with Gasteiger partial charge in [0.1, 0.15) is 0 Å². The first-order chi connectivity index (χ1) is 9.22. The maximum absolute atomic E-state index is 6.18. The molecule has 0 unspecified atom stereocenters. The molecule has 1 heterocycles. The maximum Gasteiger partial charge on any atom is 0.0456 e. The Morgan fingerprint density at radius 2 is 1.74 bits per heavy atom. The van der Waals surface area contributed by atoms with E-state index in [9.17, 15) is 0 Å². The molecule has 1 aromatic heterocycles. The third kappa shape index (κ3) is 2.78. The van der Waals surface area contributed by atoms with Crippen LogP contribution in [0, 0.1) is 0 Å². The van der Waals surface area contributed by atoms with E-state index in [4.69, 9.17) is 23.2 Å². The second-order valence-corrected chi connectivity index (χ2v) is 5.46. The molecule has 3 aromatic rings. The number of nitrogens with one attached hydrogen (secondary N) is 1. The van der Waals surface area contributed by atoms with Crippen molar-refractivity contribution >= 4 is 34.1 Å². The predicted octanol–water partition coefficient (Wildman–Crippen LogP) is 5.26. The van der Waals surface area contributed by atoms with E-state index in [1.54, 1.807) is 6.07 Å². The van der Waals surface area contributed by atoms with Crippen molar-refractivity contribution in [2.45, 2.75) is 12.8 Å². The SMILES string of the molecule is Clc1ccc(CCc2cc3ccccc3[nH]2)c(Cl)c1. The highest BCUT2D eigenvalue weighted by molar-refractivity contribution is 6.35. The number of hydrogen-bond acceptors (Lipinski definition) is 0. The summed E-state index contributed by atoms with van der Waals surface area (Å²) in [6, 6.07) is 16.2. The third-order valence-corrected chi connectivity index (χ3v) is 3.85. The molecule has 0 aliphatic rings. The van der Waals surface area contributed by atoms with E-state index in [0.717, 1.165) is 23.4 Å². The van der Waals surface area contributed by atoms with Gasteiger partial charge in [0.05, 0.1) is 0 Å². The van der Waals surface area contributed by atoms with Crippen LogP contribution in [0.2, 0.25) is 10.0 Å². The van der Waals surface area contributed by atoms with Gasteiger partial charge in [0, 0.05) is 21.3 Å². The largest absolute Gasteiger partial charge is 0.358 e. The Hall–Kier alpha value is -1.44. The molecule has 0 fully saturated rings. The molecule has 0 aliphatic heterocycles. The average Bonchev–Trinajstić information content (AvgIpc) is 2.80. The molecule has 3 rings (SSSR count). The number of hydrogen-bond donors (Lipinski definition) is 1. The van der Waals surface area contributed by atoms with Crippen LogP contribution in [0.25, 0.3) is 10.9 Å². The lowest BCUT2D eigenvalue weighted by Crippen LogP contribution is -1.92. The summed E-state index contributed by atoms with van der Waals surface area (Å²) in [7, 11) is 0. The fraction of sp³-hybridized carbons (Fsp3) is 0.125. The van der Waals surface area contributed by atoms with Crippen LogP contribution in [0.15, 0.2) is 48.5 Å². The van der Waals surface area contributed by atoms with Crippen LogP contribution in [-0.2, 0) is 12.8 Å². The number of aromatic nitrogens is 1. The number of H-pyrrole nitrogens is 1. The van der Waals surface area contributed by atoms with Crippen LogP contribution in [0.5, 0.6) is 0 Å². The Kier molecular flexibility index (Phi) is 3.50. The number of para-hydroxylation sites is 1. The van der Waals surface area contributed by atoms with Crippen molar-refractivity contribution in [3.8, 4) is 0 Å². The van der Waals surface area contributed by atoms with E-state index in [0.29, 0.717) is 5.02 Å². The van der Waals surface area contributed by atoms with Crippen molar-refractivity contribution in [3.05, 3.63) is 69.8 Å². The van der Waals surface area contributed by atoms with Gasteiger partial charge in [-0.2, -0.15) is 0 Å². The van der Waals surface area contributed by atoms with Crippen LogP contribution in [0.1, 0.15) is 11.3 Å². The van der Waals surface area contributed by atoms with Gasteiger partial charge in [0.2, 0.25) is 0 Å². The zero-order valence-corrected chi connectivity index (χ0v) is 11.8. The number of aromatic amines is 1. The van der Waals surface area contributed by atoms with Gasteiger partial charge in [0.15, 0.2) is 0 Å². The van der Waals surface area contributed by atoms with Crippen LogP contribution in [0.3, 0.4) is 0 Å². The molecular weight excluding hydrogens is 277 g/mol. The highest BCUT2D eigenvalue weighted by atomic mass is 35.5. The van der Waals surface area contributed by atoms with Crippen LogP contribution in [-0.4, -0.2) is 4.98 Å². The summed E-state index contributed by atoms with van der Waals surface area (Å²) in [6.45, 7) is 0. The maximum atomic E-state index is 6.18. The molecule has 0 spiro atoms. The monoisotopic (exact) mass is 289 g/mol. The van der Waals surface area contributed by atoms with Gasteiger partial charge in [-0.3, -0.25) is 0 Å². The van der Waals surface area contributed by atoms with Crippen molar-refractivity contribution in [1.29, 1.82) is 0 Å². The lowest BCUT2D eigenvalue weighted by molar-refractivity contribution is 0.930. The van der Waals surface area contributed by atoms with E-state index in [-0.39, 0.29) is 0 Å². The molecule has 0 bridgehead atoms. The molecule has 1 N–H and O–H groups in total. The van der Waals surface area contributed by atoms with Gasteiger partial charge < -0.3 is 4.98 Å². The summed E-state index contributed by atoms with van der Waals surface area (Å²) in [5, 5.41) is 2.67. The predicted molar refractivity (Wildman–Crippen MR) is 82.2 cm³/mol. The minimum absolute atomic E-state index is 0.680. The molecule has 1 nitrogen and oxygen atoms in total. The molecule has 0 radical (unpaired) electrons. The highest BCUT2D eigenvalue weighted by Gasteiger charge is 2.04. The lowest BCUT2D eigenvalue weighted by atomic mass is 10.1. The second-order valence-electron chi connectivity index (χ2n) is 4.62. The number of aryl methyl sites for hydroxylation is 2. The zero-order chi connectivity index (χ0) is 13.2. The molecule has 0 aliphatic carbocycles. The molecule has 0 amide bonds. The standard InChI is InChI=1S/C16H13Cl2N/c17-13-7-5-11(15(18)10-13)6-8-14-9-12-3-1-2-4-16(12)19-14/h1-5,7,9-10,19H,6,8H2. The minimum Gasteiger partial charge on any atom is -0.358 e. The van der Waals surface area contributed by atoms with Crippen LogP contribution >= 0.6 is 23.2 Å². The smallest absolute Gasteiger partial charge is 0.0456 e. The number of benzene rings is 2. The van der Waals surface area contributed by atoms with E-state index in [2.05, 4.69) is 29.2 Å². The number of halogens is 2. The van der Waals surface area contributed by atoms with E-state index < -0.39 is 0 Å². The van der Waals surface area contributed by atoms with Crippen molar-refractivity contribution < 1.29 is 0 Å². The molecule has 0 saturated carbocycles. The van der Waals surface area contributed by atoms with Crippen molar-refractivity contribution in [2.75, 3.05) is 0 Å². The van der Waals surface area contributed by atoms with Crippen LogP contribution < -0.4 is 0 Å². The summed E-state index contributed by atoms with van der Waals surface area (Å²) in [4.78, 5) is 3.43. The second kappa shape index (κ2) is 5.28. The Balaban J connectivity index is 1.78. The highest BCUT2D eigenvalue weighted by Crippen LogP contribution is 2.23. The summed E-state index contributed by atoms with van der Waals surface area (Å²) < 4.78 is 0. The average molecular weight is 290 g/mol. The topological polar surface area (TPSA) is 15.8 Å². The quantitative estimate of drug-likeness (QED) is 0.677. The lowest BCUT2D eigenvalue weighted by Gasteiger charge is -2.03. The van der Waals surface area contributed by atoms with Crippen molar-refractivity contribution in [3.63, 3.8) is 0 Å². The van der Waals surface area contributed by atoms with Gasteiger partial charge in [-0.1, -0.05) is 47.5 Å². The zero-order valence-electron chi connectivity index (χ0n) is 10.3. The first-order valence-electron chi connectivity index (χ1n) is 6.23. The minimum atomic E-state index is 0.680. The molecule has 96 valence electrons. The van der Waals surface area contributed by atoms with Crippen molar-refractivity contribution in [1.82, 2.24) is 4.98 Å². The van der Waals surface area contributed by atoms with Crippen LogP contribution in [0.4, 0.5) is 0 Å². The molecule has 0 saturated heterocycles.